The van der Waals surface area contributed by atoms with Crippen LogP contribution in [0.3, 0.4) is 0 Å². The van der Waals surface area contributed by atoms with Crippen LogP contribution >= 0.6 is 11.3 Å². The van der Waals surface area contributed by atoms with Gasteiger partial charge >= 0.3 is 0 Å². The number of imidazole rings is 1. The number of rotatable bonds is 5. The lowest BCUT2D eigenvalue weighted by molar-refractivity contribution is -0.120. The van der Waals surface area contributed by atoms with E-state index in [1.807, 2.05) is 36.0 Å². The molecule has 3 heterocycles. The number of nitrogens with zero attached hydrogens (tertiary/aromatic N) is 3. The summed E-state index contributed by atoms with van der Waals surface area (Å²) in [4.78, 5) is 17.4. The van der Waals surface area contributed by atoms with Crippen LogP contribution in [0.25, 0.3) is 4.96 Å². The largest absolute Gasteiger partial charge is 0.355 e. The van der Waals surface area contributed by atoms with E-state index in [0.717, 1.165) is 34.0 Å². The van der Waals surface area contributed by atoms with Crippen molar-refractivity contribution in [3.05, 3.63) is 40.4 Å². The number of amides is 1. The summed E-state index contributed by atoms with van der Waals surface area (Å²) in [5, 5.41) is 11.9. The maximum Gasteiger partial charge on any atom is 0.224 e. The fourth-order valence-electron chi connectivity index (χ4n) is 2.28. The van der Waals surface area contributed by atoms with Crippen molar-refractivity contribution in [3.8, 4) is 0 Å². The normalized spacial score (nSPS) is 11.1. The summed E-state index contributed by atoms with van der Waals surface area (Å²) >= 11 is 1.61. The van der Waals surface area contributed by atoms with Gasteiger partial charge in [-0.15, -0.1) is 11.3 Å². The van der Waals surface area contributed by atoms with Gasteiger partial charge in [0.05, 0.1) is 17.8 Å². The number of aromatic nitrogens is 4. The fraction of sp³-hybridized carbons (Fsp3) is 0.357. The first-order valence-corrected chi connectivity index (χ1v) is 7.69. The van der Waals surface area contributed by atoms with Crippen LogP contribution < -0.4 is 5.32 Å². The van der Waals surface area contributed by atoms with Crippen molar-refractivity contribution in [3.63, 3.8) is 0 Å². The second-order valence-corrected chi connectivity index (χ2v) is 5.89. The first-order chi connectivity index (χ1) is 10.1. The highest BCUT2D eigenvalue weighted by Gasteiger charge is 2.11. The molecule has 0 aliphatic rings. The van der Waals surface area contributed by atoms with Gasteiger partial charge in [0.2, 0.25) is 5.91 Å². The van der Waals surface area contributed by atoms with E-state index in [1.54, 1.807) is 11.3 Å². The van der Waals surface area contributed by atoms with Crippen molar-refractivity contribution >= 4 is 22.2 Å². The number of fused-ring (bicyclic) bond motifs is 1. The molecule has 0 aliphatic heterocycles. The first-order valence-electron chi connectivity index (χ1n) is 6.81. The summed E-state index contributed by atoms with van der Waals surface area (Å²) in [6.07, 6.45) is 5.10. The van der Waals surface area contributed by atoms with Crippen molar-refractivity contribution in [2.75, 3.05) is 6.54 Å². The summed E-state index contributed by atoms with van der Waals surface area (Å²) in [6.45, 7) is 4.43. The molecule has 21 heavy (non-hydrogen) atoms. The quantitative estimate of drug-likeness (QED) is 0.752. The number of hydrogen-bond donors (Lipinski definition) is 2. The Balaban J connectivity index is 1.51. The SMILES string of the molecule is Cc1n[nH]c(C)c1CC(=O)NCCc1cn2ccsc2n1. The van der Waals surface area contributed by atoms with E-state index in [0.29, 0.717) is 13.0 Å². The van der Waals surface area contributed by atoms with E-state index in [9.17, 15) is 4.79 Å². The van der Waals surface area contributed by atoms with Gasteiger partial charge in [0.25, 0.3) is 0 Å². The molecule has 6 nitrogen and oxygen atoms in total. The van der Waals surface area contributed by atoms with Gasteiger partial charge in [0.1, 0.15) is 0 Å². The van der Waals surface area contributed by atoms with Gasteiger partial charge in [-0.2, -0.15) is 5.10 Å². The second kappa shape index (κ2) is 5.69. The molecule has 1 amide bonds. The van der Waals surface area contributed by atoms with Crippen molar-refractivity contribution in [2.45, 2.75) is 26.7 Å². The highest BCUT2D eigenvalue weighted by atomic mass is 32.1. The number of carbonyl (C=O) groups excluding carboxylic acids is 1. The maximum atomic E-state index is 12.0. The zero-order valence-corrected chi connectivity index (χ0v) is 12.8. The molecule has 3 aromatic rings. The third-order valence-electron chi connectivity index (χ3n) is 3.46. The molecule has 0 aromatic carbocycles. The molecule has 0 saturated heterocycles. The maximum absolute atomic E-state index is 12.0. The average Bonchev–Trinajstić information content (AvgIpc) is 3.09. The van der Waals surface area contributed by atoms with Crippen molar-refractivity contribution < 1.29 is 4.79 Å². The minimum Gasteiger partial charge on any atom is -0.355 e. The lowest BCUT2D eigenvalue weighted by atomic mass is 10.1. The second-order valence-electron chi connectivity index (χ2n) is 5.01. The third-order valence-corrected chi connectivity index (χ3v) is 4.24. The minimum absolute atomic E-state index is 0.0172. The Morgan fingerprint density at radius 1 is 1.48 bits per heavy atom. The molecule has 0 fully saturated rings. The van der Waals surface area contributed by atoms with E-state index < -0.39 is 0 Å². The Morgan fingerprint density at radius 3 is 3.05 bits per heavy atom. The van der Waals surface area contributed by atoms with E-state index in [4.69, 9.17) is 0 Å². The highest BCUT2D eigenvalue weighted by Crippen LogP contribution is 2.12. The molecule has 0 bridgehead atoms. The molecule has 2 N–H and O–H groups in total. The number of carbonyl (C=O) groups is 1. The smallest absolute Gasteiger partial charge is 0.224 e. The molecular weight excluding hydrogens is 286 g/mol. The number of H-pyrrole nitrogens is 1. The fourth-order valence-corrected chi connectivity index (χ4v) is 3.00. The molecule has 3 rings (SSSR count). The summed E-state index contributed by atoms with van der Waals surface area (Å²) in [6, 6.07) is 0. The van der Waals surface area contributed by atoms with E-state index in [2.05, 4.69) is 20.5 Å². The Morgan fingerprint density at radius 2 is 2.33 bits per heavy atom. The molecule has 7 heteroatoms. The number of aromatic amines is 1. The number of thiazole rings is 1. The number of nitrogens with one attached hydrogen (secondary N) is 2. The summed E-state index contributed by atoms with van der Waals surface area (Å²) in [7, 11) is 0. The molecule has 0 saturated carbocycles. The molecule has 0 radical (unpaired) electrons. The molecule has 0 spiro atoms. The number of hydrogen-bond acceptors (Lipinski definition) is 4. The van der Waals surface area contributed by atoms with Crippen molar-refractivity contribution in [1.29, 1.82) is 0 Å². The van der Waals surface area contributed by atoms with Gasteiger partial charge in [-0.25, -0.2) is 4.98 Å². The van der Waals surface area contributed by atoms with Crippen molar-refractivity contribution in [2.24, 2.45) is 0 Å². The monoisotopic (exact) mass is 303 g/mol. The standard InChI is InChI=1S/C14H17N5OS/c1-9-12(10(2)18-17-9)7-13(20)15-4-3-11-8-19-5-6-21-14(19)16-11/h5-6,8H,3-4,7H2,1-2H3,(H,15,20)(H,17,18). The molecule has 3 aromatic heterocycles. The number of aryl methyl sites for hydroxylation is 2. The Bertz CT molecular complexity index is 721. The van der Waals surface area contributed by atoms with Gasteiger partial charge in [0.15, 0.2) is 4.96 Å². The van der Waals surface area contributed by atoms with E-state index >= 15 is 0 Å². The van der Waals surface area contributed by atoms with Crippen LogP contribution in [0, 0.1) is 13.8 Å². The molecule has 110 valence electrons. The van der Waals surface area contributed by atoms with Crippen LogP contribution in [0.2, 0.25) is 0 Å². The highest BCUT2D eigenvalue weighted by molar-refractivity contribution is 7.15. The van der Waals surface area contributed by atoms with E-state index in [-0.39, 0.29) is 5.91 Å². The van der Waals surface area contributed by atoms with Crippen LogP contribution in [0.5, 0.6) is 0 Å². The van der Waals surface area contributed by atoms with Crippen LogP contribution in [0.1, 0.15) is 22.6 Å². The van der Waals surface area contributed by atoms with Gasteiger partial charge in [0, 0.05) is 42.0 Å². The van der Waals surface area contributed by atoms with Crippen LogP contribution in [-0.2, 0) is 17.6 Å². The van der Waals surface area contributed by atoms with Crippen molar-refractivity contribution in [1.82, 2.24) is 24.9 Å². The minimum atomic E-state index is 0.0172. The predicted molar refractivity (Wildman–Crippen MR) is 81.5 cm³/mol. The molecule has 0 aliphatic carbocycles. The summed E-state index contributed by atoms with van der Waals surface area (Å²) < 4.78 is 2.00. The first kappa shape index (κ1) is 13.8. The Labute approximate surface area is 126 Å². The summed E-state index contributed by atoms with van der Waals surface area (Å²) in [5.74, 6) is 0.0172. The molecule has 0 unspecified atom stereocenters. The Hall–Kier alpha value is -2.15. The summed E-state index contributed by atoms with van der Waals surface area (Å²) in [5.41, 5.74) is 3.82. The molecule has 0 atom stereocenters. The zero-order chi connectivity index (χ0) is 14.8. The third kappa shape index (κ3) is 2.97. The molecular formula is C14H17N5OS. The van der Waals surface area contributed by atoms with Gasteiger partial charge in [-0.1, -0.05) is 0 Å². The lowest BCUT2D eigenvalue weighted by Gasteiger charge is -2.04. The van der Waals surface area contributed by atoms with Gasteiger partial charge in [-0.05, 0) is 13.8 Å². The van der Waals surface area contributed by atoms with Crippen LogP contribution in [0.4, 0.5) is 0 Å². The predicted octanol–water partition coefficient (Wildman–Crippen LogP) is 1.64. The van der Waals surface area contributed by atoms with Crippen LogP contribution in [-0.4, -0.2) is 32.0 Å². The van der Waals surface area contributed by atoms with Crippen LogP contribution in [0.15, 0.2) is 17.8 Å². The Kier molecular flexibility index (Phi) is 3.74. The lowest BCUT2D eigenvalue weighted by Crippen LogP contribution is -2.27. The van der Waals surface area contributed by atoms with Gasteiger partial charge in [-0.3, -0.25) is 14.3 Å². The van der Waals surface area contributed by atoms with Gasteiger partial charge < -0.3 is 5.32 Å². The zero-order valence-electron chi connectivity index (χ0n) is 12.0. The van der Waals surface area contributed by atoms with E-state index in [1.165, 1.54) is 0 Å². The topological polar surface area (TPSA) is 75.1 Å². The average molecular weight is 303 g/mol.